The Morgan fingerprint density at radius 2 is 1.85 bits per heavy atom. The Morgan fingerprint density at radius 3 is 2.35 bits per heavy atom. The number of hydrogen-bond donors (Lipinski definition) is 0. The summed E-state index contributed by atoms with van der Waals surface area (Å²) >= 11 is 1.99. The van der Waals surface area contributed by atoms with Gasteiger partial charge in [0, 0.05) is 19.6 Å². The Labute approximate surface area is 137 Å². The molecule has 1 saturated carbocycles. The fraction of sp³-hybridized carbons (Fsp3) is 0.938. The first-order valence-electron chi connectivity index (χ1n) is 7.82. The van der Waals surface area contributed by atoms with E-state index >= 15 is 0 Å². The lowest BCUT2D eigenvalue weighted by molar-refractivity contribution is -0.111. The highest BCUT2D eigenvalue weighted by atomic mass is 127. The molecule has 1 aliphatic rings. The Kier molecular flexibility index (Phi) is 9.29. The number of ether oxygens (including phenoxy) is 1. The van der Waals surface area contributed by atoms with Crippen LogP contribution in [0.15, 0.2) is 0 Å². The van der Waals surface area contributed by atoms with Gasteiger partial charge in [-0.3, -0.25) is 0 Å². The van der Waals surface area contributed by atoms with Crippen molar-refractivity contribution >= 4 is 29.3 Å². The molecule has 0 aromatic carbocycles. The molecule has 0 amide bonds. The first-order chi connectivity index (χ1) is 9.60. The van der Waals surface area contributed by atoms with E-state index in [1.807, 2.05) is 29.9 Å². The van der Waals surface area contributed by atoms with Crippen LogP contribution in [-0.2, 0) is 12.6 Å². The predicted molar refractivity (Wildman–Crippen MR) is 89.8 cm³/mol. The monoisotopic (exact) mass is 396 g/mol. The van der Waals surface area contributed by atoms with Crippen molar-refractivity contribution < 1.29 is 12.6 Å². The summed E-state index contributed by atoms with van der Waals surface area (Å²) in [5, 5.41) is 0. The van der Waals surface area contributed by atoms with Gasteiger partial charge in [-0.15, -0.1) is 0 Å². The van der Waals surface area contributed by atoms with Gasteiger partial charge in [-0.05, 0) is 63.2 Å². The summed E-state index contributed by atoms with van der Waals surface area (Å²) in [6, 6.07) is 0. The topological polar surface area (TPSA) is 35.5 Å². The van der Waals surface area contributed by atoms with Crippen molar-refractivity contribution in [3.8, 4) is 0 Å². The first-order valence-corrected chi connectivity index (χ1v) is 8.70. The third kappa shape index (κ3) is 6.39. The van der Waals surface area contributed by atoms with Gasteiger partial charge < -0.3 is 12.6 Å². The molecule has 0 N–H and O–H groups in total. The molecule has 0 aromatic rings. The van der Waals surface area contributed by atoms with Gasteiger partial charge >= 0.3 is 0 Å². The molecule has 1 aliphatic carbocycles. The molecule has 4 heteroatoms. The number of halogens is 1. The SMILES string of the molecule is COCC1CCC(C(CC(C)C=O)CC(C)OI)CC1. The molecule has 3 nitrogen and oxygen atoms in total. The molecule has 0 radical (unpaired) electrons. The molecule has 3 atom stereocenters. The molecule has 118 valence electrons. The van der Waals surface area contributed by atoms with Gasteiger partial charge in [-0.2, -0.15) is 0 Å². The maximum Gasteiger partial charge on any atom is 0.122 e. The van der Waals surface area contributed by atoms with E-state index in [0.29, 0.717) is 5.92 Å². The lowest BCUT2D eigenvalue weighted by atomic mass is 9.72. The van der Waals surface area contributed by atoms with Crippen molar-refractivity contribution in [3.63, 3.8) is 0 Å². The van der Waals surface area contributed by atoms with Crippen LogP contribution in [0, 0.1) is 23.7 Å². The van der Waals surface area contributed by atoms with Gasteiger partial charge in [0.1, 0.15) is 29.3 Å². The van der Waals surface area contributed by atoms with E-state index in [0.717, 1.165) is 37.6 Å². The number of carbonyl (C=O) groups is 1. The van der Waals surface area contributed by atoms with E-state index in [9.17, 15) is 4.79 Å². The lowest BCUT2D eigenvalue weighted by Crippen LogP contribution is -2.27. The minimum atomic E-state index is 0.165. The number of methoxy groups -OCH3 is 1. The quantitative estimate of drug-likeness (QED) is 0.427. The van der Waals surface area contributed by atoms with Crippen molar-refractivity contribution in [1.82, 2.24) is 0 Å². The van der Waals surface area contributed by atoms with Crippen LogP contribution in [0.2, 0.25) is 0 Å². The summed E-state index contributed by atoms with van der Waals surface area (Å²) in [5.74, 6) is 2.26. The van der Waals surface area contributed by atoms with Crippen molar-refractivity contribution in [1.29, 1.82) is 0 Å². The normalized spacial score (nSPS) is 27.8. The van der Waals surface area contributed by atoms with Gasteiger partial charge in [0.15, 0.2) is 0 Å². The first kappa shape index (κ1) is 18.4. The van der Waals surface area contributed by atoms with E-state index < -0.39 is 0 Å². The zero-order valence-corrected chi connectivity index (χ0v) is 15.2. The van der Waals surface area contributed by atoms with E-state index in [2.05, 4.69) is 6.92 Å². The van der Waals surface area contributed by atoms with Crippen molar-refractivity contribution in [3.05, 3.63) is 0 Å². The number of carbonyl (C=O) groups excluding carboxylic acids is 1. The number of aldehydes is 1. The van der Waals surface area contributed by atoms with E-state index in [4.69, 9.17) is 7.80 Å². The Bertz CT molecular complexity index is 264. The summed E-state index contributed by atoms with van der Waals surface area (Å²) in [4.78, 5) is 11.0. The van der Waals surface area contributed by atoms with Gasteiger partial charge in [0.25, 0.3) is 0 Å². The van der Waals surface area contributed by atoms with Crippen LogP contribution in [0.25, 0.3) is 0 Å². The lowest BCUT2D eigenvalue weighted by Gasteiger charge is -2.35. The summed E-state index contributed by atoms with van der Waals surface area (Å²) < 4.78 is 10.7. The van der Waals surface area contributed by atoms with Crippen LogP contribution in [-0.4, -0.2) is 26.1 Å². The van der Waals surface area contributed by atoms with Crippen molar-refractivity contribution in [2.24, 2.45) is 23.7 Å². The summed E-state index contributed by atoms with van der Waals surface area (Å²) in [5.41, 5.74) is 0. The van der Waals surface area contributed by atoms with Crippen LogP contribution in [0.4, 0.5) is 0 Å². The zero-order valence-electron chi connectivity index (χ0n) is 13.0. The van der Waals surface area contributed by atoms with Crippen LogP contribution in [0.1, 0.15) is 52.4 Å². The second-order valence-electron chi connectivity index (χ2n) is 6.48. The molecule has 0 saturated heterocycles. The average molecular weight is 396 g/mol. The summed E-state index contributed by atoms with van der Waals surface area (Å²) in [7, 11) is 1.79. The standard InChI is InChI=1S/C16H29IO3/c1-12(10-18)8-16(9-13(2)20-17)15-6-4-14(5-7-15)11-19-3/h10,12-16H,4-9,11H2,1-3H3. The molecule has 0 spiro atoms. The maximum absolute atomic E-state index is 11.0. The average Bonchev–Trinajstić information content (AvgIpc) is 2.47. The third-order valence-corrected chi connectivity index (χ3v) is 5.52. The Balaban J connectivity index is 2.52. The van der Waals surface area contributed by atoms with Gasteiger partial charge in [-0.25, -0.2) is 0 Å². The molecule has 3 unspecified atom stereocenters. The number of hydrogen-bond acceptors (Lipinski definition) is 3. The maximum atomic E-state index is 11.0. The Hall–Kier alpha value is 0.320. The van der Waals surface area contributed by atoms with E-state index in [1.54, 1.807) is 7.11 Å². The fourth-order valence-corrected chi connectivity index (χ4v) is 3.75. The third-order valence-electron chi connectivity index (χ3n) is 4.65. The predicted octanol–water partition coefficient (Wildman–Crippen LogP) is 4.43. The molecule has 0 aliphatic heterocycles. The summed E-state index contributed by atoms with van der Waals surface area (Å²) in [6.45, 7) is 5.06. The highest BCUT2D eigenvalue weighted by Gasteiger charge is 2.29. The van der Waals surface area contributed by atoms with Gasteiger partial charge in [0.2, 0.25) is 0 Å². The highest BCUT2D eigenvalue weighted by Crippen LogP contribution is 2.38. The van der Waals surface area contributed by atoms with E-state index in [-0.39, 0.29) is 12.0 Å². The molecule has 0 heterocycles. The molecular weight excluding hydrogens is 367 g/mol. The van der Waals surface area contributed by atoms with Crippen LogP contribution in [0.3, 0.4) is 0 Å². The van der Waals surface area contributed by atoms with Crippen LogP contribution < -0.4 is 0 Å². The minimum absolute atomic E-state index is 0.165. The van der Waals surface area contributed by atoms with Crippen molar-refractivity contribution in [2.45, 2.75) is 58.5 Å². The second kappa shape index (κ2) is 10.1. The molecular formula is C16H29IO3. The molecule has 1 rings (SSSR count). The fourth-order valence-electron chi connectivity index (χ4n) is 3.54. The smallest absolute Gasteiger partial charge is 0.122 e. The Morgan fingerprint density at radius 1 is 1.20 bits per heavy atom. The summed E-state index contributed by atoms with van der Waals surface area (Å²) in [6.07, 6.45) is 8.54. The molecule has 1 fully saturated rings. The van der Waals surface area contributed by atoms with Crippen LogP contribution >= 0.6 is 23.0 Å². The largest absolute Gasteiger partial charge is 0.384 e. The molecule has 0 bridgehead atoms. The molecule has 20 heavy (non-hydrogen) atoms. The van der Waals surface area contributed by atoms with Gasteiger partial charge in [-0.1, -0.05) is 6.92 Å². The van der Waals surface area contributed by atoms with Crippen molar-refractivity contribution in [2.75, 3.05) is 13.7 Å². The zero-order chi connectivity index (χ0) is 15.0. The highest BCUT2D eigenvalue weighted by molar-refractivity contribution is 14.1. The second-order valence-corrected chi connectivity index (χ2v) is 6.99. The van der Waals surface area contributed by atoms with Gasteiger partial charge in [0.05, 0.1) is 6.10 Å². The van der Waals surface area contributed by atoms with Crippen LogP contribution in [0.5, 0.6) is 0 Å². The van der Waals surface area contributed by atoms with E-state index in [1.165, 1.54) is 25.7 Å². The number of rotatable bonds is 9. The minimum Gasteiger partial charge on any atom is -0.384 e. The molecule has 0 aromatic heterocycles.